The first-order valence-corrected chi connectivity index (χ1v) is 8.27. The molecule has 2 aromatic heterocycles. The van der Waals surface area contributed by atoms with Gasteiger partial charge in [-0.05, 0) is 31.8 Å². The Labute approximate surface area is 141 Å². The van der Waals surface area contributed by atoms with Gasteiger partial charge >= 0.3 is 0 Å². The first-order valence-electron chi connectivity index (χ1n) is 8.27. The molecule has 0 aliphatic carbocycles. The molecular formula is C16H24N6O2. The summed E-state index contributed by atoms with van der Waals surface area (Å²) in [6, 6.07) is 0. The lowest BCUT2D eigenvalue weighted by atomic mass is 9.96. The van der Waals surface area contributed by atoms with Crippen molar-refractivity contribution in [2.75, 3.05) is 26.7 Å². The first-order chi connectivity index (χ1) is 11.5. The van der Waals surface area contributed by atoms with Crippen molar-refractivity contribution in [3.05, 3.63) is 29.7 Å². The SMILES string of the molecule is Cc1nc(CN2CCC(CN(C)C(=O)c3cnn(C)c3)CC2)no1. The molecule has 0 aromatic carbocycles. The smallest absolute Gasteiger partial charge is 0.256 e. The predicted molar refractivity (Wildman–Crippen MR) is 87.2 cm³/mol. The van der Waals surface area contributed by atoms with Gasteiger partial charge in [0.2, 0.25) is 5.89 Å². The third-order valence-corrected chi connectivity index (χ3v) is 4.47. The highest BCUT2D eigenvalue weighted by molar-refractivity contribution is 5.93. The minimum Gasteiger partial charge on any atom is -0.341 e. The van der Waals surface area contributed by atoms with Crippen LogP contribution in [0.5, 0.6) is 0 Å². The van der Waals surface area contributed by atoms with Crippen LogP contribution in [-0.4, -0.2) is 62.3 Å². The number of rotatable bonds is 5. The van der Waals surface area contributed by atoms with E-state index in [1.807, 2.05) is 14.1 Å². The van der Waals surface area contributed by atoms with E-state index >= 15 is 0 Å². The average molecular weight is 332 g/mol. The van der Waals surface area contributed by atoms with Gasteiger partial charge in [-0.15, -0.1) is 0 Å². The Morgan fingerprint density at radius 1 is 1.42 bits per heavy atom. The second-order valence-corrected chi connectivity index (χ2v) is 6.54. The highest BCUT2D eigenvalue weighted by Gasteiger charge is 2.23. The van der Waals surface area contributed by atoms with Crippen LogP contribution >= 0.6 is 0 Å². The van der Waals surface area contributed by atoms with Crippen molar-refractivity contribution < 1.29 is 9.32 Å². The zero-order chi connectivity index (χ0) is 17.1. The summed E-state index contributed by atoms with van der Waals surface area (Å²) < 4.78 is 6.66. The summed E-state index contributed by atoms with van der Waals surface area (Å²) in [5, 5.41) is 8.01. The molecule has 1 fully saturated rings. The van der Waals surface area contributed by atoms with E-state index in [1.165, 1.54) is 0 Å². The number of hydrogen-bond acceptors (Lipinski definition) is 6. The van der Waals surface area contributed by atoms with Gasteiger partial charge in [-0.2, -0.15) is 10.1 Å². The van der Waals surface area contributed by atoms with Crippen molar-refractivity contribution in [3.63, 3.8) is 0 Å². The number of hydrogen-bond donors (Lipinski definition) is 0. The molecule has 0 radical (unpaired) electrons. The van der Waals surface area contributed by atoms with Crippen LogP contribution in [-0.2, 0) is 13.6 Å². The summed E-state index contributed by atoms with van der Waals surface area (Å²) in [6.45, 7) is 5.30. The molecule has 2 aromatic rings. The summed E-state index contributed by atoms with van der Waals surface area (Å²) in [7, 11) is 3.68. The maximum absolute atomic E-state index is 12.4. The van der Waals surface area contributed by atoms with Gasteiger partial charge in [-0.3, -0.25) is 14.4 Å². The third-order valence-electron chi connectivity index (χ3n) is 4.47. The summed E-state index contributed by atoms with van der Waals surface area (Å²) >= 11 is 0. The van der Waals surface area contributed by atoms with Gasteiger partial charge in [-0.1, -0.05) is 5.16 Å². The zero-order valence-corrected chi connectivity index (χ0v) is 14.5. The van der Waals surface area contributed by atoms with E-state index in [-0.39, 0.29) is 5.91 Å². The van der Waals surface area contributed by atoms with Gasteiger partial charge in [0.25, 0.3) is 5.91 Å². The van der Waals surface area contributed by atoms with Gasteiger partial charge < -0.3 is 9.42 Å². The van der Waals surface area contributed by atoms with Gasteiger partial charge in [-0.25, -0.2) is 0 Å². The molecule has 0 unspecified atom stereocenters. The highest BCUT2D eigenvalue weighted by atomic mass is 16.5. The van der Waals surface area contributed by atoms with Crippen molar-refractivity contribution in [3.8, 4) is 0 Å². The molecule has 0 atom stereocenters. The molecule has 1 saturated heterocycles. The van der Waals surface area contributed by atoms with E-state index in [0.717, 1.165) is 44.8 Å². The number of likely N-dealkylation sites (tertiary alicyclic amines) is 1. The summed E-state index contributed by atoms with van der Waals surface area (Å²) in [5.41, 5.74) is 0.643. The van der Waals surface area contributed by atoms with Crippen LogP contribution in [0.25, 0.3) is 0 Å². The number of aromatic nitrogens is 4. The molecule has 1 aliphatic rings. The van der Waals surface area contributed by atoms with Gasteiger partial charge in [0.05, 0.1) is 18.3 Å². The molecule has 0 spiro atoms. The van der Waals surface area contributed by atoms with Crippen molar-refractivity contribution in [2.45, 2.75) is 26.3 Å². The molecule has 3 heterocycles. The Kier molecular flexibility index (Phi) is 4.94. The molecule has 0 bridgehead atoms. The molecule has 130 valence electrons. The van der Waals surface area contributed by atoms with Crippen LogP contribution in [0, 0.1) is 12.8 Å². The molecule has 8 heteroatoms. The topological polar surface area (TPSA) is 80.3 Å². The third kappa shape index (κ3) is 4.00. The van der Waals surface area contributed by atoms with Crippen LogP contribution in [0.15, 0.2) is 16.9 Å². The molecule has 8 nitrogen and oxygen atoms in total. The average Bonchev–Trinajstić information content (AvgIpc) is 3.17. The van der Waals surface area contributed by atoms with Gasteiger partial charge in [0.15, 0.2) is 5.82 Å². The number of piperidine rings is 1. The molecule has 1 amide bonds. The van der Waals surface area contributed by atoms with E-state index in [9.17, 15) is 4.79 Å². The zero-order valence-electron chi connectivity index (χ0n) is 14.5. The van der Waals surface area contributed by atoms with Crippen LogP contribution in [0.3, 0.4) is 0 Å². The van der Waals surface area contributed by atoms with E-state index < -0.39 is 0 Å². The number of carbonyl (C=O) groups is 1. The Balaban J connectivity index is 1.45. The minimum atomic E-state index is 0.0350. The molecule has 3 rings (SSSR count). The summed E-state index contributed by atoms with van der Waals surface area (Å²) in [5.74, 6) is 1.91. The summed E-state index contributed by atoms with van der Waals surface area (Å²) in [4.78, 5) is 20.8. The maximum Gasteiger partial charge on any atom is 0.256 e. The Morgan fingerprint density at radius 3 is 2.75 bits per heavy atom. The fraction of sp³-hybridized carbons (Fsp3) is 0.625. The molecule has 0 N–H and O–H groups in total. The van der Waals surface area contributed by atoms with Crippen LogP contribution in [0.1, 0.15) is 34.9 Å². The van der Waals surface area contributed by atoms with Crippen LogP contribution in [0.4, 0.5) is 0 Å². The number of carbonyl (C=O) groups excluding carboxylic acids is 1. The molecule has 24 heavy (non-hydrogen) atoms. The highest BCUT2D eigenvalue weighted by Crippen LogP contribution is 2.20. The lowest BCUT2D eigenvalue weighted by Gasteiger charge is -2.33. The van der Waals surface area contributed by atoms with Gasteiger partial charge in [0.1, 0.15) is 0 Å². The van der Waals surface area contributed by atoms with Crippen molar-refractivity contribution in [1.29, 1.82) is 0 Å². The number of nitrogens with zero attached hydrogens (tertiary/aromatic N) is 6. The van der Waals surface area contributed by atoms with Crippen LogP contribution < -0.4 is 0 Å². The largest absolute Gasteiger partial charge is 0.341 e. The maximum atomic E-state index is 12.4. The fourth-order valence-corrected chi connectivity index (χ4v) is 3.15. The minimum absolute atomic E-state index is 0.0350. The molecule has 1 aliphatic heterocycles. The Hall–Kier alpha value is -2.22. The van der Waals surface area contributed by atoms with Crippen LogP contribution in [0.2, 0.25) is 0 Å². The normalized spacial score (nSPS) is 16.5. The van der Waals surface area contributed by atoms with Crippen molar-refractivity contribution in [1.82, 2.24) is 29.7 Å². The number of aryl methyl sites for hydroxylation is 2. The summed E-state index contributed by atoms with van der Waals surface area (Å²) in [6.07, 6.45) is 5.52. The Bertz CT molecular complexity index is 686. The lowest BCUT2D eigenvalue weighted by Crippen LogP contribution is -2.39. The second kappa shape index (κ2) is 7.12. The van der Waals surface area contributed by atoms with E-state index in [0.29, 0.717) is 17.4 Å². The lowest BCUT2D eigenvalue weighted by molar-refractivity contribution is 0.0736. The molecular weight excluding hydrogens is 308 g/mol. The molecule has 0 saturated carbocycles. The quantitative estimate of drug-likeness (QED) is 0.815. The van der Waals surface area contributed by atoms with Crippen molar-refractivity contribution >= 4 is 5.91 Å². The number of amides is 1. The fourth-order valence-electron chi connectivity index (χ4n) is 3.15. The van der Waals surface area contributed by atoms with Gasteiger partial charge in [0, 0.05) is 33.8 Å². The predicted octanol–water partition coefficient (Wildman–Crippen LogP) is 1.10. The first kappa shape index (κ1) is 16.6. The monoisotopic (exact) mass is 332 g/mol. The standard InChI is InChI=1S/C16H24N6O2/c1-12-18-15(19-24-12)11-22-6-4-13(5-7-22)9-20(2)16(23)14-8-17-21(3)10-14/h8,10,13H,4-7,9,11H2,1-3H3. The van der Waals surface area contributed by atoms with E-state index in [2.05, 4.69) is 20.1 Å². The van der Waals surface area contributed by atoms with E-state index in [4.69, 9.17) is 4.52 Å². The van der Waals surface area contributed by atoms with Crippen molar-refractivity contribution in [2.24, 2.45) is 13.0 Å². The van der Waals surface area contributed by atoms with E-state index in [1.54, 1.807) is 28.9 Å². The Morgan fingerprint density at radius 2 is 2.17 bits per heavy atom. The second-order valence-electron chi connectivity index (χ2n) is 6.54.